The molecule has 2 rings (SSSR count). The largest absolute Gasteiger partial charge is 0.387 e. The first-order valence-corrected chi connectivity index (χ1v) is 8.85. The van der Waals surface area contributed by atoms with Gasteiger partial charge < -0.3 is 9.84 Å². The third kappa shape index (κ3) is 5.11. The number of aryl methyl sites for hydroxylation is 1. The van der Waals surface area contributed by atoms with E-state index in [-0.39, 0.29) is 6.10 Å². The number of aromatic nitrogens is 1. The van der Waals surface area contributed by atoms with Crippen LogP contribution in [0.4, 0.5) is 0 Å². The van der Waals surface area contributed by atoms with Crippen molar-refractivity contribution in [3.8, 4) is 0 Å². The molecule has 0 aliphatic heterocycles. The molecule has 2 unspecified atom stereocenters. The first-order valence-electron chi connectivity index (χ1n) is 7.97. The van der Waals surface area contributed by atoms with Crippen molar-refractivity contribution in [1.29, 1.82) is 0 Å². The molecule has 1 N–H and O–H groups in total. The monoisotopic (exact) mass is 334 g/mol. The van der Waals surface area contributed by atoms with E-state index in [0.717, 1.165) is 29.4 Å². The van der Waals surface area contributed by atoms with Crippen molar-refractivity contribution >= 4 is 11.3 Å². The van der Waals surface area contributed by atoms with Gasteiger partial charge in [-0.3, -0.25) is 4.90 Å². The van der Waals surface area contributed by atoms with Crippen LogP contribution in [0.2, 0.25) is 0 Å². The highest BCUT2D eigenvalue weighted by atomic mass is 32.1. The Morgan fingerprint density at radius 1 is 1.30 bits per heavy atom. The summed E-state index contributed by atoms with van der Waals surface area (Å²) in [6.45, 7) is 8.37. The molecule has 0 spiro atoms. The summed E-state index contributed by atoms with van der Waals surface area (Å²) in [6, 6.07) is 8.06. The zero-order valence-electron chi connectivity index (χ0n) is 14.3. The Kier molecular flexibility index (Phi) is 6.72. The number of likely N-dealkylation sites (N-methyl/N-ethyl adjacent to an activating group) is 1. The molecule has 0 saturated carbocycles. The van der Waals surface area contributed by atoms with Crippen molar-refractivity contribution in [3.63, 3.8) is 0 Å². The summed E-state index contributed by atoms with van der Waals surface area (Å²) in [5.41, 5.74) is 3.20. The molecule has 0 radical (unpaired) electrons. The van der Waals surface area contributed by atoms with Gasteiger partial charge in [-0.25, -0.2) is 4.98 Å². The van der Waals surface area contributed by atoms with E-state index in [4.69, 9.17) is 4.74 Å². The smallest absolute Gasteiger partial charge is 0.122 e. The highest BCUT2D eigenvalue weighted by Gasteiger charge is 2.15. The van der Waals surface area contributed by atoms with Crippen LogP contribution in [0.3, 0.4) is 0 Å². The molecule has 23 heavy (non-hydrogen) atoms. The van der Waals surface area contributed by atoms with Gasteiger partial charge in [-0.15, -0.1) is 11.3 Å². The number of benzene rings is 1. The molecule has 2 atom stereocenters. The average molecular weight is 334 g/mol. The Hall–Kier alpha value is -1.27. The lowest BCUT2D eigenvalue weighted by Crippen LogP contribution is -2.28. The number of rotatable bonds is 8. The van der Waals surface area contributed by atoms with Crippen LogP contribution in [0.5, 0.6) is 0 Å². The fourth-order valence-corrected chi connectivity index (χ4v) is 3.20. The summed E-state index contributed by atoms with van der Waals surface area (Å²) >= 11 is 1.63. The van der Waals surface area contributed by atoms with Gasteiger partial charge >= 0.3 is 0 Å². The SMILES string of the molecule is CCN(Cc1csc(C(C)OC)n1)CC(O)c1ccc(C)cc1. The second-order valence-corrected chi connectivity index (χ2v) is 6.70. The summed E-state index contributed by atoms with van der Waals surface area (Å²) in [5, 5.41) is 13.5. The minimum atomic E-state index is -0.480. The van der Waals surface area contributed by atoms with E-state index in [2.05, 4.69) is 29.1 Å². The summed E-state index contributed by atoms with van der Waals surface area (Å²) in [6.07, 6.45) is -0.450. The Morgan fingerprint density at radius 2 is 2.00 bits per heavy atom. The lowest BCUT2D eigenvalue weighted by molar-refractivity contribution is 0.110. The van der Waals surface area contributed by atoms with E-state index >= 15 is 0 Å². The molecular formula is C18H26N2O2S. The molecule has 4 nitrogen and oxygen atoms in total. The number of nitrogens with zero attached hydrogens (tertiary/aromatic N) is 2. The molecule has 126 valence electrons. The highest BCUT2D eigenvalue weighted by molar-refractivity contribution is 7.09. The minimum Gasteiger partial charge on any atom is -0.387 e. The van der Waals surface area contributed by atoms with Crippen molar-refractivity contribution in [2.45, 2.75) is 39.5 Å². The van der Waals surface area contributed by atoms with E-state index in [1.54, 1.807) is 18.4 Å². The van der Waals surface area contributed by atoms with Crippen LogP contribution < -0.4 is 0 Å². The first-order chi connectivity index (χ1) is 11.0. The topological polar surface area (TPSA) is 45.6 Å². The van der Waals surface area contributed by atoms with Crippen molar-refractivity contribution in [1.82, 2.24) is 9.88 Å². The number of thiazole rings is 1. The van der Waals surface area contributed by atoms with E-state index in [0.29, 0.717) is 6.54 Å². The second-order valence-electron chi connectivity index (χ2n) is 5.81. The van der Waals surface area contributed by atoms with Crippen LogP contribution in [-0.2, 0) is 11.3 Å². The van der Waals surface area contributed by atoms with Crippen LogP contribution in [0.1, 0.15) is 47.9 Å². The number of ether oxygens (including phenoxy) is 1. The Bertz CT molecular complexity index is 597. The van der Waals surface area contributed by atoms with E-state index in [9.17, 15) is 5.11 Å². The maximum Gasteiger partial charge on any atom is 0.122 e. The zero-order chi connectivity index (χ0) is 16.8. The molecule has 1 aromatic heterocycles. The van der Waals surface area contributed by atoms with Gasteiger partial charge in [-0.1, -0.05) is 36.8 Å². The third-order valence-electron chi connectivity index (χ3n) is 4.00. The van der Waals surface area contributed by atoms with Gasteiger partial charge in [-0.2, -0.15) is 0 Å². The van der Waals surface area contributed by atoms with Gasteiger partial charge in [-0.05, 0) is 26.0 Å². The van der Waals surface area contributed by atoms with Crippen molar-refractivity contribution in [2.75, 3.05) is 20.2 Å². The van der Waals surface area contributed by atoms with E-state index < -0.39 is 6.10 Å². The molecule has 0 aliphatic carbocycles. The minimum absolute atomic E-state index is 0.0296. The average Bonchev–Trinajstić information content (AvgIpc) is 3.02. The maximum absolute atomic E-state index is 10.4. The molecule has 1 heterocycles. The zero-order valence-corrected chi connectivity index (χ0v) is 15.1. The number of hydrogen-bond acceptors (Lipinski definition) is 5. The summed E-state index contributed by atoms with van der Waals surface area (Å²) in [7, 11) is 1.70. The summed E-state index contributed by atoms with van der Waals surface area (Å²) in [4.78, 5) is 6.84. The lowest BCUT2D eigenvalue weighted by atomic mass is 10.1. The van der Waals surface area contributed by atoms with Gasteiger partial charge in [0.2, 0.25) is 0 Å². The number of methoxy groups -OCH3 is 1. The quantitative estimate of drug-likeness (QED) is 0.799. The van der Waals surface area contributed by atoms with Crippen molar-refractivity contribution < 1.29 is 9.84 Å². The number of hydrogen-bond donors (Lipinski definition) is 1. The second kappa shape index (κ2) is 8.55. The van der Waals surface area contributed by atoms with Crippen LogP contribution in [0, 0.1) is 6.92 Å². The first kappa shape index (κ1) is 18.1. The fraction of sp³-hybridized carbons (Fsp3) is 0.500. The Morgan fingerprint density at radius 3 is 2.61 bits per heavy atom. The molecule has 2 aromatic rings. The van der Waals surface area contributed by atoms with E-state index in [1.807, 2.05) is 31.2 Å². The van der Waals surface area contributed by atoms with Crippen LogP contribution in [-0.4, -0.2) is 35.2 Å². The van der Waals surface area contributed by atoms with Crippen LogP contribution in [0.25, 0.3) is 0 Å². The lowest BCUT2D eigenvalue weighted by Gasteiger charge is -2.23. The van der Waals surface area contributed by atoms with Gasteiger partial charge in [0.1, 0.15) is 11.1 Å². The van der Waals surface area contributed by atoms with Gasteiger partial charge in [0, 0.05) is 25.6 Å². The number of aliphatic hydroxyl groups is 1. The number of aliphatic hydroxyl groups excluding tert-OH is 1. The standard InChI is InChI=1S/C18H26N2O2S/c1-5-20(10-16-12-23-18(19-16)14(3)22-4)11-17(21)15-8-6-13(2)7-9-15/h6-9,12,14,17,21H,5,10-11H2,1-4H3. The molecule has 5 heteroatoms. The summed E-state index contributed by atoms with van der Waals surface area (Å²) < 4.78 is 5.31. The van der Waals surface area contributed by atoms with E-state index in [1.165, 1.54) is 5.56 Å². The van der Waals surface area contributed by atoms with Gasteiger partial charge in [0.25, 0.3) is 0 Å². The summed E-state index contributed by atoms with van der Waals surface area (Å²) in [5.74, 6) is 0. The maximum atomic E-state index is 10.4. The molecule has 0 aliphatic rings. The van der Waals surface area contributed by atoms with Crippen molar-refractivity contribution in [2.24, 2.45) is 0 Å². The normalized spacial score (nSPS) is 14.2. The van der Waals surface area contributed by atoms with Gasteiger partial charge in [0.05, 0.1) is 11.8 Å². The fourth-order valence-electron chi connectivity index (χ4n) is 2.36. The predicted octanol–water partition coefficient (Wildman–Crippen LogP) is 3.71. The Labute approximate surface area is 142 Å². The third-order valence-corrected chi connectivity index (χ3v) is 5.05. The molecule has 0 bridgehead atoms. The molecular weight excluding hydrogens is 308 g/mol. The van der Waals surface area contributed by atoms with Crippen molar-refractivity contribution in [3.05, 3.63) is 51.5 Å². The van der Waals surface area contributed by atoms with Gasteiger partial charge in [0.15, 0.2) is 0 Å². The van der Waals surface area contributed by atoms with Crippen LogP contribution in [0.15, 0.2) is 29.6 Å². The van der Waals surface area contributed by atoms with Crippen LogP contribution >= 0.6 is 11.3 Å². The highest BCUT2D eigenvalue weighted by Crippen LogP contribution is 2.22. The Balaban J connectivity index is 1.97. The molecule has 0 amide bonds. The molecule has 0 fully saturated rings. The molecule has 1 aromatic carbocycles. The predicted molar refractivity (Wildman–Crippen MR) is 94.6 cm³/mol. The molecule has 0 saturated heterocycles.